The summed E-state index contributed by atoms with van der Waals surface area (Å²) in [7, 11) is 5.95. The molecule has 0 saturated heterocycles. The van der Waals surface area contributed by atoms with Crippen LogP contribution in [0.5, 0.6) is 0 Å². The van der Waals surface area contributed by atoms with E-state index in [1.54, 1.807) is 0 Å². The Morgan fingerprint density at radius 1 is 0.353 bits per heavy atom. The molecule has 0 radical (unpaired) electrons. The molecule has 0 aromatic rings. The number of likely N-dealkylation sites (N-methyl/N-ethyl adjacent to an activating group) is 1. The van der Waals surface area contributed by atoms with Crippen LogP contribution < -0.4 is 5.11 Å². The Hall–Kier alpha value is -2.49. The first-order valence-corrected chi connectivity index (χ1v) is 37.1. The van der Waals surface area contributed by atoms with Crippen molar-refractivity contribution in [3.8, 4) is 0 Å². The minimum Gasteiger partial charge on any atom is -0.545 e. The summed E-state index contributed by atoms with van der Waals surface area (Å²) in [6.07, 6.45) is 82.4. The van der Waals surface area contributed by atoms with Gasteiger partial charge in [0, 0.05) is 12.8 Å². The smallest absolute Gasteiger partial charge is 0.306 e. The highest BCUT2D eigenvalue weighted by Crippen LogP contribution is 2.19. The monoisotopic (exact) mass is 1200 g/mol. The standard InChI is InChI=1S/C76H143NO8/c1-6-8-10-12-14-16-18-20-22-24-26-28-30-32-34-36-37-39-40-42-44-46-48-50-52-54-56-58-60-62-64-66-73(78)83-70-72(71-84-76(75(80)81)82-69-68-77(3,4)5)85-74(79)67-65-63-61-59-57-55-53-51-49-47-45-43-41-38-35-33-31-29-27-25-23-21-19-17-15-13-11-9-7-2/h19,21,24-27,72,76H,6-18,20,22-23,28-71H2,1-5H3/b21-19-,26-24-,27-25-. The van der Waals surface area contributed by atoms with Crippen LogP contribution in [0.25, 0.3) is 0 Å². The van der Waals surface area contributed by atoms with Crippen LogP contribution in [0, 0.1) is 0 Å². The molecule has 0 aromatic heterocycles. The quantitative estimate of drug-likeness (QED) is 0.0195. The van der Waals surface area contributed by atoms with Gasteiger partial charge in [-0.05, 0) is 70.6 Å². The van der Waals surface area contributed by atoms with Gasteiger partial charge in [-0.15, -0.1) is 0 Å². The van der Waals surface area contributed by atoms with Crippen molar-refractivity contribution in [3.63, 3.8) is 0 Å². The third-order valence-corrected chi connectivity index (χ3v) is 16.9. The van der Waals surface area contributed by atoms with Crippen molar-refractivity contribution in [1.29, 1.82) is 0 Å². The SMILES string of the molecule is CCCCCCC/C=C\C/C=C\CCCCCCCCCCCCCCCCCCCC(=O)OC(COC(=O)CCCCCCCCCCCCCCCCCCCCC/C=C\CCCCCCCCCC)COC(OCC[N+](C)(C)C)C(=O)[O-]. The van der Waals surface area contributed by atoms with E-state index < -0.39 is 24.3 Å². The number of carbonyl (C=O) groups is 3. The van der Waals surface area contributed by atoms with Crippen LogP contribution in [-0.4, -0.2) is 82.3 Å². The molecule has 2 unspecified atom stereocenters. The van der Waals surface area contributed by atoms with Crippen LogP contribution >= 0.6 is 0 Å². The molecule has 0 fully saturated rings. The molecular weight excluding hydrogens is 1050 g/mol. The van der Waals surface area contributed by atoms with Gasteiger partial charge >= 0.3 is 11.9 Å². The van der Waals surface area contributed by atoms with E-state index in [9.17, 15) is 19.5 Å². The number of nitrogens with zero attached hydrogens (tertiary/aromatic N) is 1. The molecule has 0 saturated carbocycles. The summed E-state index contributed by atoms with van der Waals surface area (Å²) in [6, 6.07) is 0. The predicted octanol–water partition coefficient (Wildman–Crippen LogP) is 21.8. The number of unbranched alkanes of at least 4 members (excludes halogenated alkanes) is 49. The average Bonchev–Trinajstić information content (AvgIpc) is 3.48. The number of carboxylic acid groups (broad SMARTS) is 1. The van der Waals surface area contributed by atoms with E-state index in [2.05, 4.69) is 50.3 Å². The number of carbonyl (C=O) groups excluding carboxylic acids is 3. The second-order valence-corrected chi connectivity index (χ2v) is 26.6. The molecule has 9 heteroatoms. The summed E-state index contributed by atoms with van der Waals surface area (Å²) < 4.78 is 22.9. The van der Waals surface area contributed by atoms with E-state index >= 15 is 0 Å². The van der Waals surface area contributed by atoms with Gasteiger partial charge in [0.1, 0.15) is 13.2 Å². The van der Waals surface area contributed by atoms with Crippen molar-refractivity contribution in [3.05, 3.63) is 36.5 Å². The van der Waals surface area contributed by atoms with Crippen LogP contribution in [0.3, 0.4) is 0 Å². The summed E-state index contributed by atoms with van der Waals surface area (Å²) in [6.45, 7) is 4.81. The lowest BCUT2D eigenvalue weighted by molar-refractivity contribution is -0.870. The van der Waals surface area contributed by atoms with Crippen LogP contribution in [-0.2, 0) is 33.3 Å². The molecular formula is C76H143NO8. The van der Waals surface area contributed by atoms with Crippen LogP contribution in [0.15, 0.2) is 36.5 Å². The predicted molar refractivity (Wildman–Crippen MR) is 362 cm³/mol. The van der Waals surface area contributed by atoms with Gasteiger partial charge in [-0.3, -0.25) is 9.59 Å². The Bertz CT molecular complexity index is 1490. The van der Waals surface area contributed by atoms with Crippen molar-refractivity contribution in [2.24, 2.45) is 0 Å². The molecule has 0 spiro atoms. The summed E-state index contributed by atoms with van der Waals surface area (Å²) in [5.74, 6) is -2.25. The minimum atomic E-state index is -1.62. The fourth-order valence-corrected chi connectivity index (χ4v) is 11.2. The molecule has 0 rings (SSSR count). The summed E-state index contributed by atoms with van der Waals surface area (Å²) in [5.41, 5.74) is 0. The van der Waals surface area contributed by atoms with Gasteiger partial charge in [0.05, 0.1) is 40.3 Å². The molecule has 2 atom stereocenters. The Morgan fingerprint density at radius 3 is 0.941 bits per heavy atom. The van der Waals surface area contributed by atoms with Crippen LogP contribution in [0.4, 0.5) is 0 Å². The van der Waals surface area contributed by atoms with E-state index in [1.165, 1.54) is 302 Å². The van der Waals surface area contributed by atoms with Gasteiger partial charge in [0.25, 0.3) is 0 Å². The number of rotatable bonds is 70. The number of allylic oxidation sites excluding steroid dienone is 6. The van der Waals surface area contributed by atoms with Gasteiger partial charge in [-0.25, -0.2) is 0 Å². The third-order valence-electron chi connectivity index (χ3n) is 16.9. The maximum Gasteiger partial charge on any atom is 0.306 e. The van der Waals surface area contributed by atoms with Crippen molar-refractivity contribution in [2.75, 3.05) is 47.5 Å². The first-order valence-electron chi connectivity index (χ1n) is 37.1. The first-order chi connectivity index (χ1) is 41.6. The molecule has 0 N–H and O–H groups in total. The fourth-order valence-electron chi connectivity index (χ4n) is 11.2. The Balaban J connectivity index is 4.03. The molecule has 9 nitrogen and oxygen atoms in total. The number of quaternary nitrogens is 1. The Labute approximate surface area is 528 Å². The summed E-state index contributed by atoms with van der Waals surface area (Å²) in [5, 5.41) is 11.8. The lowest BCUT2D eigenvalue weighted by Crippen LogP contribution is -2.44. The van der Waals surface area contributed by atoms with Crippen molar-refractivity contribution in [2.45, 2.75) is 386 Å². The topological polar surface area (TPSA) is 111 Å². The number of hydrogen-bond donors (Lipinski definition) is 0. The molecule has 500 valence electrons. The summed E-state index contributed by atoms with van der Waals surface area (Å²) >= 11 is 0. The summed E-state index contributed by atoms with van der Waals surface area (Å²) in [4.78, 5) is 37.5. The zero-order chi connectivity index (χ0) is 61.9. The van der Waals surface area contributed by atoms with E-state index in [1.807, 2.05) is 21.1 Å². The lowest BCUT2D eigenvalue weighted by Gasteiger charge is -2.26. The lowest BCUT2D eigenvalue weighted by atomic mass is 10.0. The highest BCUT2D eigenvalue weighted by Gasteiger charge is 2.22. The van der Waals surface area contributed by atoms with Gasteiger partial charge < -0.3 is 33.3 Å². The van der Waals surface area contributed by atoms with E-state index in [4.69, 9.17) is 18.9 Å². The first kappa shape index (κ1) is 82.5. The van der Waals surface area contributed by atoms with Crippen molar-refractivity contribution in [1.82, 2.24) is 0 Å². The maximum absolute atomic E-state index is 12.9. The highest BCUT2D eigenvalue weighted by molar-refractivity contribution is 5.70. The van der Waals surface area contributed by atoms with E-state index in [0.717, 1.165) is 44.9 Å². The number of esters is 2. The highest BCUT2D eigenvalue weighted by atomic mass is 16.7. The zero-order valence-corrected chi connectivity index (χ0v) is 57.3. The molecule has 0 aliphatic carbocycles. The molecule has 0 heterocycles. The van der Waals surface area contributed by atoms with E-state index in [0.29, 0.717) is 17.4 Å². The number of ether oxygens (including phenoxy) is 4. The van der Waals surface area contributed by atoms with Gasteiger partial charge in [-0.1, -0.05) is 326 Å². The molecule has 0 aliphatic rings. The van der Waals surface area contributed by atoms with Gasteiger partial charge in [0.2, 0.25) is 0 Å². The van der Waals surface area contributed by atoms with Crippen molar-refractivity contribution < 1.29 is 42.9 Å². The number of hydrogen-bond acceptors (Lipinski definition) is 8. The molecule has 85 heavy (non-hydrogen) atoms. The third kappa shape index (κ3) is 68.9. The Kier molecular flexibility index (Phi) is 65.5. The average molecular weight is 1200 g/mol. The molecule has 0 amide bonds. The van der Waals surface area contributed by atoms with Gasteiger partial charge in [-0.2, -0.15) is 0 Å². The zero-order valence-electron chi connectivity index (χ0n) is 57.3. The van der Waals surface area contributed by atoms with Crippen molar-refractivity contribution >= 4 is 17.9 Å². The van der Waals surface area contributed by atoms with Crippen LogP contribution in [0.2, 0.25) is 0 Å². The number of aliphatic carboxylic acids is 1. The molecule has 0 aromatic carbocycles. The number of carboxylic acids is 1. The van der Waals surface area contributed by atoms with Gasteiger partial charge in [0.15, 0.2) is 12.4 Å². The Morgan fingerprint density at radius 2 is 0.635 bits per heavy atom. The molecule has 0 aliphatic heterocycles. The fraction of sp³-hybridized carbons (Fsp3) is 0.882. The molecule has 0 bridgehead atoms. The largest absolute Gasteiger partial charge is 0.545 e. The normalized spacial score (nSPS) is 12.8. The second-order valence-electron chi connectivity index (χ2n) is 26.6. The van der Waals surface area contributed by atoms with E-state index in [-0.39, 0.29) is 32.2 Å². The minimum absolute atomic E-state index is 0.150. The second kappa shape index (κ2) is 67.4. The van der Waals surface area contributed by atoms with Crippen LogP contribution in [0.1, 0.15) is 373 Å². The maximum atomic E-state index is 12.9.